The Kier molecular flexibility index (Phi) is 4.04. The normalized spacial score (nSPS) is 10.6. The lowest BCUT2D eigenvalue weighted by Crippen LogP contribution is -1.90. The van der Waals surface area contributed by atoms with Gasteiger partial charge in [-0.15, -0.1) is 0 Å². The van der Waals surface area contributed by atoms with Gasteiger partial charge in [-0.2, -0.15) is 0 Å². The molecule has 1 radical (unpaired) electrons. The molecule has 0 aliphatic heterocycles. The molecule has 0 aliphatic rings. The minimum atomic E-state index is -0.0710. The second-order valence-electron chi connectivity index (χ2n) is 5.23. The minimum absolute atomic E-state index is 0.0710. The average Bonchev–Trinajstić information content (AvgIpc) is 2.97. The van der Waals surface area contributed by atoms with Crippen molar-refractivity contribution in [3.05, 3.63) is 42.2 Å². The fraction of sp³-hybridized carbons (Fsp3) is 0.167. The summed E-state index contributed by atoms with van der Waals surface area (Å²) >= 11 is 0. The summed E-state index contributed by atoms with van der Waals surface area (Å²) in [5.41, 5.74) is 10.2. The summed E-state index contributed by atoms with van der Waals surface area (Å²) in [6.07, 6.45) is 0. The second-order valence-corrected chi connectivity index (χ2v) is 5.23. The molecule has 0 bridgehead atoms. The number of aromatic nitrogens is 1. The van der Waals surface area contributed by atoms with Crippen molar-refractivity contribution in [1.29, 1.82) is 0 Å². The third kappa shape index (κ3) is 2.74. The summed E-state index contributed by atoms with van der Waals surface area (Å²) in [5.74, 6) is 1.54. The van der Waals surface area contributed by atoms with Crippen molar-refractivity contribution >= 4 is 5.69 Å². The van der Waals surface area contributed by atoms with Crippen LogP contribution in [0.15, 0.2) is 40.8 Å². The van der Waals surface area contributed by atoms with Gasteiger partial charge in [0.2, 0.25) is 11.6 Å². The van der Waals surface area contributed by atoms with E-state index in [4.69, 9.17) is 19.6 Å². The highest BCUT2D eigenvalue weighted by Gasteiger charge is 2.18. The number of methoxy groups -OCH3 is 2. The number of nitrogens with zero attached hydrogens (tertiary/aromatic N) is 1. The van der Waals surface area contributed by atoms with Crippen LogP contribution in [0.25, 0.3) is 22.7 Å². The Morgan fingerprint density at radius 2 is 1.58 bits per heavy atom. The molecule has 1 heterocycles. The van der Waals surface area contributed by atoms with Gasteiger partial charge in [0.15, 0.2) is 11.5 Å². The first-order valence-corrected chi connectivity index (χ1v) is 7.28. The van der Waals surface area contributed by atoms with E-state index >= 15 is 0 Å². The van der Waals surface area contributed by atoms with Gasteiger partial charge in [-0.1, -0.05) is 12.1 Å². The third-order valence-corrected chi connectivity index (χ3v) is 3.68. The molecule has 2 N–H and O–H groups in total. The number of hydrogen-bond acceptors (Lipinski definition) is 5. The van der Waals surface area contributed by atoms with E-state index in [1.165, 1.54) is 14.2 Å². The van der Waals surface area contributed by atoms with E-state index < -0.39 is 0 Å². The molecule has 0 spiro atoms. The van der Waals surface area contributed by atoms with Crippen LogP contribution in [0.3, 0.4) is 0 Å². The number of ether oxygens (including phenoxy) is 2. The van der Waals surface area contributed by atoms with Crippen molar-refractivity contribution in [3.8, 4) is 40.0 Å². The monoisotopic (exact) mass is 325 g/mol. The maximum Gasteiger partial charge on any atom is 0.227 e. The Balaban J connectivity index is 2.08. The lowest BCUT2D eigenvalue weighted by molar-refractivity contribution is 0.340. The molecule has 3 rings (SSSR count). The van der Waals surface area contributed by atoms with Crippen LogP contribution in [-0.4, -0.2) is 24.3 Å². The van der Waals surface area contributed by atoms with Crippen molar-refractivity contribution in [1.82, 2.24) is 10.7 Å². The number of aromatic hydroxyl groups is 1. The maximum atomic E-state index is 10.0. The van der Waals surface area contributed by atoms with Gasteiger partial charge in [-0.3, -0.25) is 0 Å². The molecule has 2 aromatic carbocycles. The van der Waals surface area contributed by atoms with Crippen LogP contribution in [-0.2, 0) is 0 Å². The molecule has 1 aromatic heterocycles. The Morgan fingerprint density at radius 3 is 2.12 bits per heavy atom. The summed E-state index contributed by atoms with van der Waals surface area (Å²) in [7, 11) is 2.93. The summed E-state index contributed by atoms with van der Waals surface area (Å²) in [4.78, 5) is 4.54. The first kappa shape index (κ1) is 15.7. The number of phenols is 1. The number of benzene rings is 2. The smallest absolute Gasteiger partial charge is 0.227 e. The SMILES string of the molecule is COc1cc(-c2nc(-c3ccc([NH])cc3)c(C)o2)cc(OC)c1O. The van der Waals surface area contributed by atoms with Gasteiger partial charge in [-0.25, -0.2) is 4.98 Å². The van der Waals surface area contributed by atoms with E-state index in [2.05, 4.69) is 4.98 Å². The van der Waals surface area contributed by atoms with Gasteiger partial charge in [0.25, 0.3) is 0 Å². The quantitative estimate of drug-likeness (QED) is 0.784. The molecule has 0 amide bonds. The standard InChI is InChI=1S/C18H17N2O4/c1-10-16(11-4-6-13(19)7-5-11)20-18(24-10)12-8-14(22-2)17(21)15(9-12)23-3/h4-9,19,21H,1-3H3. The van der Waals surface area contributed by atoms with Gasteiger partial charge in [0, 0.05) is 11.1 Å². The van der Waals surface area contributed by atoms with Gasteiger partial charge < -0.3 is 24.7 Å². The topological polar surface area (TPSA) is 88.5 Å². The highest BCUT2D eigenvalue weighted by atomic mass is 16.5. The molecule has 0 unspecified atom stereocenters. The molecule has 123 valence electrons. The van der Waals surface area contributed by atoms with E-state index in [0.717, 1.165) is 5.56 Å². The molecule has 0 saturated heterocycles. The molecule has 6 heteroatoms. The van der Waals surface area contributed by atoms with E-state index in [9.17, 15) is 5.11 Å². The Bertz CT molecular complexity index is 844. The minimum Gasteiger partial charge on any atom is -0.502 e. The molecule has 0 saturated carbocycles. The molecule has 3 aromatic rings. The molecule has 24 heavy (non-hydrogen) atoms. The van der Waals surface area contributed by atoms with Crippen molar-refractivity contribution in [2.24, 2.45) is 0 Å². The van der Waals surface area contributed by atoms with Gasteiger partial charge in [0.05, 0.1) is 19.9 Å². The molecule has 0 aliphatic carbocycles. The highest BCUT2D eigenvalue weighted by molar-refractivity contribution is 5.70. The zero-order chi connectivity index (χ0) is 17.3. The third-order valence-electron chi connectivity index (χ3n) is 3.68. The fourth-order valence-electron chi connectivity index (χ4n) is 2.43. The Morgan fingerprint density at radius 1 is 1.00 bits per heavy atom. The van der Waals surface area contributed by atoms with Crippen molar-refractivity contribution in [2.45, 2.75) is 6.92 Å². The highest BCUT2D eigenvalue weighted by Crippen LogP contribution is 2.41. The van der Waals surface area contributed by atoms with Crippen molar-refractivity contribution in [3.63, 3.8) is 0 Å². The number of hydrogen-bond donors (Lipinski definition) is 1. The van der Waals surface area contributed by atoms with E-state index in [1.54, 1.807) is 24.3 Å². The number of nitrogens with one attached hydrogen (secondary N) is 1. The summed E-state index contributed by atoms with van der Waals surface area (Å²) < 4.78 is 16.1. The predicted molar refractivity (Wildman–Crippen MR) is 89.6 cm³/mol. The number of phenolic OH excluding ortho intramolecular Hbond substituents is 1. The van der Waals surface area contributed by atoms with Crippen LogP contribution in [0.1, 0.15) is 5.76 Å². The first-order chi connectivity index (χ1) is 11.5. The van der Waals surface area contributed by atoms with Crippen molar-refractivity contribution in [2.75, 3.05) is 14.2 Å². The number of oxazole rings is 1. The molecule has 6 nitrogen and oxygen atoms in total. The Hall–Kier alpha value is -3.15. The molecular formula is C18H17N2O4. The van der Waals surface area contributed by atoms with E-state index in [-0.39, 0.29) is 17.2 Å². The first-order valence-electron chi connectivity index (χ1n) is 7.28. The lowest BCUT2D eigenvalue weighted by Gasteiger charge is -2.09. The fourth-order valence-corrected chi connectivity index (χ4v) is 2.43. The van der Waals surface area contributed by atoms with Crippen LogP contribution in [0.4, 0.5) is 5.69 Å². The van der Waals surface area contributed by atoms with E-state index in [1.807, 2.05) is 19.1 Å². The van der Waals surface area contributed by atoms with Crippen LogP contribution < -0.4 is 15.2 Å². The lowest BCUT2D eigenvalue weighted by atomic mass is 10.1. The number of aryl methyl sites for hydroxylation is 1. The molecule has 0 atom stereocenters. The largest absolute Gasteiger partial charge is 0.502 e. The van der Waals surface area contributed by atoms with Crippen LogP contribution >= 0.6 is 0 Å². The van der Waals surface area contributed by atoms with Crippen LogP contribution in [0.2, 0.25) is 0 Å². The maximum absolute atomic E-state index is 10.0. The summed E-state index contributed by atoms with van der Waals surface area (Å²) in [6, 6.07) is 10.3. The average molecular weight is 325 g/mol. The zero-order valence-corrected chi connectivity index (χ0v) is 13.6. The number of rotatable bonds is 4. The molecular weight excluding hydrogens is 308 g/mol. The van der Waals surface area contributed by atoms with E-state index in [0.29, 0.717) is 28.6 Å². The van der Waals surface area contributed by atoms with Crippen LogP contribution in [0.5, 0.6) is 17.2 Å². The van der Waals surface area contributed by atoms with Gasteiger partial charge in [0.1, 0.15) is 11.5 Å². The summed E-state index contributed by atoms with van der Waals surface area (Å²) in [6.45, 7) is 1.83. The zero-order valence-electron chi connectivity index (χ0n) is 13.6. The summed E-state index contributed by atoms with van der Waals surface area (Å²) in [5, 5.41) is 10.0. The molecule has 0 fully saturated rings. The van der Waals surface area contributed by atoms with Gasteiger partial charge >= 0.3 is 0 Å². The second kappa shape index (κ2) is 6.16. The van der Waals surface area contributed by atoms with Crippen molar-refractivity contribution < 1.29 is 19.0 Å². The van der Waals surface area contributed by atoms with Crippen LogP contribution in [0, 0.1) is 6.92 Å². The Labute approximate surface area is 139 Å². The predicted octanol–water partition coefficient (Wildman–Crippen LogP) is 3.95. The van der Waals surface area contributed by atoms with Gasteiger partial charge in [-0.05, 0) is 31.2 Å².